The van der Waals surface area contributed by atoms with E-state index in [0.29, 0.717) is 25.6 Å². The molecule has 0 spiro atoms. The molecule has 112 valence electrons. The van der Waals surface area contributed by atoms with Crippen molar-refractivity contribution < 1.29 is 4.74 Å². The van der Waals surface area contributed by atoms with Crippen LogP contribution in [0.1, 0.15) is 25.2 Å². The van der Waals surface area contributed by atoms with Gasteiger partial charge in [0, 0.05) is 38.2 Å². The van der Waals surface area contributed by atoms with E-state index in [1.807, 2.05) is 32.0 Å². The highest BCUT2D eigenvalue weighted by Gasteiger charge is 2.04. The maximum absolute atomic E-state index is 5.38. The lowest BCUT2D eigenvalue weighted by molar-refractivity contribution is 0.128. The highest BCUT2D eigenvalue weighted by molar-refractivity contribution is 5.47. The third kappa shape index (κ3) is 5.00. The van der Waals surface area contributed by atoms with Gasteiger partial charge in [0.15, 0.2) is 5.82 Å². The van der Waals surface area contributed by atoms with Gasteiger partial charge >= 0.3 is 0 Å². The number of anilines is 2. The quantitative estimate of drug-likeness (QED) is 0.777. The SMILES string of the molecule is CCNc1cc(NCc2ccncc2)nc(COCC)n1. The van der Waals surface area contributed by atoms with E-state index in [4.69, 9.17) is 4.74 Å². The summed E-state index contributed by atoms with van der Waals surface area (Å²) in [4.78, 5) is 12.9. The third-order valence-corrected chi connectivity index (χ3v) is 2.79. The van der Waals surface area contributed by atoms with Gasteiger partial charge in [0.05, 0.1) is 0 Å². The Labute approximate surface area is 125 Å². The molecular formula is C15H21N5O. The fourth-order valence-corrected chi connectivity index (χ4v) is 1.81. The Hall–Kier alpha value is -2.21. The molecule has 6 nitrogen and oxygen atoms in total. The molecule has 0 unspecified atom stereocenters. The van der Waals surface area contributed by atoms with E-state index in [0.717, 1.165) is 23.7 Å². The molecular weight excluding hydrogens is 266 g/mol. The van der Waals surface area contributed by atoms with Gasteiger partial charge in [-0.3, -0.25) is 4.98 Å². The molecule has 0 bridgehead atoms. The normalized spacial score (nSPS) is 10.4. The summed E-state index contributed by atoms with van der Waals surface area (Å²) >= 11 is 0. The second kappa shape index (κ2) is 8.16. The number of hydrogen-bond acceptors (Lipinski definition) is 6. The number of hydrogen-bond donors (Lipinski definition) is 2. The van der Waals surface area contributed by atoms with Crippen molar-refractivity contribution in [1.82, 2.24) is 15.0 Å². The first-order valence-corrected chi connectivity index (χ1v) is 7.14. The molecule has 2 aromatic rings. The number of rotatable bonds is 8. The van der Waals surface area contributed by atoms with Crippen molar-refractivity contribution >= 4 is 11.6 Å². The highest BCUT2D eigenvalue weighted by atomic mass is 16.5. The molecule has 0 aromatic carbocycles. The van der Waals surface area contributed by atoms with Gasteiger partial charge in [-0.1, -0.05) is 0 Å². The lowest BCUT2D eigenvalue weighted by atomic mass is 10.3. The van der Waals surface area contributed by atoms with Gasteiger partial charge in [-0.15, -0.1) is 0 Å². The zero-order chi connectivity index (χ0) is 14.9. The summed E-state index contributed by atoms with van der Waals surface area (Å²) in [7, 11) is 0. The van der Waals surface area contributed by atoms with Gasteiger partial charge in [0.2, 0.25) is 0 Å². The Bertz CT molecular complexity index is 547. The van der Waals surface area contributed by atoms with E-state index >= 15 is 0 Å². The van der Waals surface area contributed by atoms with Crippen molar-refractivity contribution in [2.75, 3.05) is 23.8 Å². The Kier molecular flexibility index (Phi) is 5.90. The molecule has 0 saturated heterocycles. The van der Waals surface area contributed by atoms with Crippen LogP contribution in [0.15, 0.2) is 30.6 Å². The van der Waals surface area contributed by atoms with Gasteiger partial charge in [-0.25, -0.2) is 9.97 Å². The highest BCUT2D eigenvalue weighted by Crippen LogP contribution is 2.13. The van der Waals surface area contributed by atoms with Crippen molar-refractivity contribution in [3.8, 4) is 0 Å². The fourth-order valence-electron chi connectivity index (χ4n) is 1.81. The number of nitrogens with one attached hydrogen (secondary N) is 2. The Balaban J connectivity index is 2.07. The van der Waals surface area contributed by atoms with Crippen LogP contribution in [0.25, 0.3) is 0 Å². The third-order valence-electron chi connectivity index (χ3n) is 2.79. The smallest absolute Gasteiger partial charge is 0.158 e. The molecule has 6 heteroatoms. The zero-order valence-corrected chi connectivity index (χ0v) is 12.5. The Morgan fingerprint density at radius 1 is 1.05 bits per heavy atom. The maximum Gasteiger partial charge on any atom is 0.158 e. The van der Waals surface area contributed by atoms with Crippen LogP contribution in [0, 0.1) is 0 Å². The molecule has 0 atom stereocenters. The van der Waals surface area contributed by atoms with Gasteiger partial charge < -0.3 is 15.4 Å². The zero-order valence-electron chi connectivity index (χ0n) is 12.5. The average Bonchev–Trinajstić information content (AvgIpc) is 2.52. The first-order chi connectivity index (χ1) is 10.3. The summed E-state index contributed by atoms with van der Waals surface area (Å²) < 4.78 is 5.38. The van der Waals surface area contributed by atoms with Crippen LogP contribution >= 0.6 is 0 Å². The number of ether oxygens (including phenoxy) is 1. The van der Waals surface area contributed by atoms with Crippen LogP contribution in [0.4, 0.5) is 11.6 Å². The molecule has 0 aliphatic rings. The average molecular weight is 287 g/mol. The topological polar surface area (TPSA) is 72.0 Å². The summed E-state index contributed by atoms with van der Waals surface area (Å²) in [5.41, 5.74) is 1.15. The van der Waals surface area contributed by atoms with Crippen LogP contribution < -0.4 is 10.6 Å². The molecule has 2 rings (SSSR count). The number of pyridine rings is 1. The predicted molar refractivity (Wildman–Crippen MR) is 83.1 cm³/mol. The molecule has 2 heterocycles. The summed E-state index contributed by atoms with van der Waals surface area (Å²) in [5.74, 6) is 2.26. The first-order valence-electron chi connectivity index (χ1n) is 7.14. The number of nitrogens with zero attached hydrogens (tertiary/aromatic N) is 3. The minimum absolute atomic E-state index is 0.416. The summed E-state index contributed by atoms with van der Waals surface area (Å²) in [6.45, 7) is 6.56. The second-order valence-corrected chi connectivity index (χ2v) is 4.43. The molecule has 0 aliphatic carbocycles. The monoisotopic (exact) mass is 287 g/mol. The standard InChI is InChI=1S/C15H21N5O/c1-3-17-13-9-14(20-15(19-13)11-21-4-2)18-10-12-5-7-16-8-6-12/h5-9H,3-4,10-11H2,1-2H3,(H2,17,18,19,20). The van der Waals surface area contributed by atoms with Crippen molar-refractivity contribution in [2.45, 2.75) is 27.0 Å². The first kappa shape index (κ1) is 15.2. The maximum atomic E-state index is 5.38. The van der Waals surface area contributed by atoms with Crippen molar-refractivity contribution in [3.05, 3.63) is 42.0 Å². The van der Waals surface area contributed by atoms with E-state index in [2.05, 4.69) is 25.6 Å². The molecule has 0 aliphatic heterocycles. The second-order valence-electron chi connectivity index (χ2n) is 4.43. The van der Waals surface area contributed by atoms with E-state index in [1.165, 1.54) is 0 Å². The van der Waals surface area contributed by atoms with Gasteiger partial charge in [0.25, 0.3) is 0 Å². The van der Waals surface area contributed by atoms with E-state index < -0.39 is 0 Å². The van der Waals surface area contributed by atoms with Crippen LogP contribution in [-0.2, 0) is 17.9 Å². The fraction of sp³-hybridized carbons (Fsp3) is 0.400. The van der Waals surface area contributed by atoms with Crippen LogP contribution in [0.5, 0.6) is 0 Å². The molecule has 0 radical (unpaired) electrons. The minimum Gasteiger partial charge on any atom is -0.374 e. The lowest BCUT2D eigenvalue weighted by Gasteiger charge is -2.10. The molecule has 2 aromatic heterocycles. The summed E-state index contributed by atoms with van der Waals surface area (Å²) in [6.07, 6.45) is 3.56. The Morgan fingerprint density at radius 2 is 1.76 bits per heavy atom. The largest absolute Gasteiger partial charge is 0.374 e. The van der Waals surface area contributed by atoms with Crippen LogP contribution in [0.2, 0.25) is 0 Å². The van der Waals surface area contributed by atoms with Crippen LogP contribution in [-0.4, -0.2) is 28.1 Å². The summed E-state index contributed by atoms with van der Waals surface area (Å²) in [5, 5.41) is 6.51. The predicted octanol–water partition coefficient (Wildman–Crippen LogP) is 2.45. The number of aromatic nitrogens is 3. The van der Waals surface area contributed by atoms with E-state index in [1.54, 1.807) is 12.4 Å². The van der Waals surface area contributed by atoms with Gasteiger partial charge in [-0.2, -0.15) is 0 Å². The van der Waals surface area contributed by atoms with Gasteiger partial charge in [0.1, 0.15) is 18.2 Å². The Morgan fingerprint density at radius 3 is 2.43 bits per heavy atom. The lowest BCUT2D eigenvalue weighted by Crippen LogP contribution is -2.09. The summed E-state index contributed by atoms with van der Waals surface area (Å²) in [6, 6.07) is 5.85. The van der Waals surface area contributed by atoms with E-state index in [-0.39, 0.29) is 0 Å². The van der Waals surface area contributed by atoms with Crippen molar-refractivity contribution in [1.29, 1.82) is 0 Å². The van der Waals surface area contributed by atoms with Gasteiger partial charge in [-0.05, 0) is 31.5 Å². The molecule has 0 fully saturated rings. The molecule has 21 heavy (non-hydrogen) atoms. The van der Waals surface area contributed by atoms with Crippen LogP contribution in [0.3, 0.4) is 0 Å². The molecule has 2 N–H and O–H groups in total. The van der Waals surface area contributed by atoms with Crippen molar-refractivity contribution in [3.63, 3.8) is 0 Å². The minimum atomic E-state index is 0.416. The van der Waals surface area contributed by atoms with E-state index in [9.17, 15) is 0 Å². The molecule has 0 amide bonds. The van der Waals surface area contributed by atoms with Crippen molar-refractivity contribution in [2.24, 2.45) is 0 Å². The molecule has 0 saturated carbocycles.